The third kappa shape index (κ3) is 4.79. The number of rotatable bonds is 5. The van der Waals surface area contributed by atoms with E-state index < -0.39 is 27.3 Å². The maximum atomic E-state index is 12.9. The Morgan fingerprint density at radius 2 is 1.71 bits per heavy atom. The Balaban J connectivity index is 2.06. The van der Waals surface area contributed by atoms with E-state index in [1.807, 2.05) is 0 Å². The number of hydrogen-bond donors (Lipinski definition) is 1. The second-order valence-electron chi connectivity index (χ2n) is 6.93. The van der Waals surface area contributed by atoms with Crippen LogP contribution in [0.15, 0.2) is 53.3 Å². The molecule has 0 spiro atoms. The molecular formula is C21H20F3N3O3S. The Morgan fingerprint density at radius 3 is 2.29 bits per heavy atom. The number of halogens is 3. The van der Waals surface area contributed by atoms with Gasteiger partial charge in [0.05, 0.1) is 22.7 Å². The summed E-state index contributed by atoms with van der Waals surface area (Å²) >= 11 is 0. The fraction of sp³-hybridized carbons (Fsp3) is 0.238. The van der Waals surface area contributed by atoms with E-state index in [0.29, 0.717) is 28.1 Å². The fourth-order valence-corrected chi connectivity index (χ4v) is 3.79. The number of sulfonamides is 1. The molecule has 164 valence electrons. The molecule has 0 aliphatic heterocycles. The topological polar surface area (TPSA) is 81.1 Å². The summed E-state index contributed by atoms with van der Waals surface area (Å²) < 4.78 is 65.6. The van der Waals surface area contributed by atoms with Crippen molar-refractivity contribution in [3.63, 3.8) is 0 Å². The van der Waals surface area contributed by atoms with E-state index >= 15 is 0 Å². The van der Waals surface area contributed by atoms with Gasteiger partial charge in [-0.3, -0.25) is 9.52 Å². The van der Waals surface area contributed by atoms with Gasteiger partial charge in [0.1, 0.15) is 0 Å². The summed E-state index contributed by atoms with van der Waals surface area (Å²) in [5.74, 6) is -0.0833. The number of aryl methyl sites for hydroxylation is 1. The highest BCUT2D eigenvalue weighted by atomic mass is 32.2. The predicted octanol–water partition coefficient (Wildman–Crippen LogP) is 4.30. The molecule has 1 aromatic heterocycles. The highest BCUT2D eigenvalue weighted by molar-refractivity contribution is 7.92. The van der Waals surface area contributed by atoms with Gasteiger partial charge >= 0.3 is 6.18 Å². The Labute approximate surface area is 177 Å². The highest BCUT2D eigenvalue weighted by Crippen LogP contribution is 2.30. The van der Waals surface area contributed by atoms with Crippen molar-refractivity contribution < 1.29 is 21.6 Å². The molecule has 0 amide bonds. The normalized spacial score (nSPS) is 12.1. The molecule has 3 aromatic rings. The zero-order chi connectivity index (χ0) is 23.0. The first-order chi connectivity index (χ1) is 14.4. The summed E-state index contributed by atoms with van der Waals surface area (Å²) in [6, 6.07) is 10.7. The first-order valence-corrected chi connectivity index (χ1v) is 11.0. The van der Waals surface area contributed by atoms with Crippen molar-refractivity contribution in [2.45, 2.75) is 26.9 Å². The van der Waals surface area contributed by atoms with Crippen molar-refractivity contribution in [3.05, 3.63) is 75.7 Å². The lowest BCUT2D eigenvalue weighted by molar-refractivity contribution is -0.137. The standard InChI is InChI=1S/C21H20F3N3O3S/c1-4-31(29,30)26-17-7-5-6-15(12-17)19-13(2)20(28)27(25-14(19)3)18-10-8-16(9-11-18)21(22,23)24/h5-12,26H,4H2,1-3H3. The average Bonchev–Trinajstić information content (AvgIpc) is 2.70. The van der Waals surface area contributed by atoms with E-state index in [1.54, 1.807) is 38.1 Å². The first kappa shape index (κ1) is 22.5. The van der Waals surface area contributed by atoms with E-state index in [4.69, 9.17) is 0 Å². The van der Waals surface area contributed by atoms with E-state index in [-0.39, 0.29) is 11.4 Å². The fourth-order valence-electron chi connectivity index (χ4n) is 3.16. The van der Waals surface area contributed by atoms with Crippen molar-refractivity contribution in [3.8, 4) is 16.8 Å². The minimum atomic E-state index is -4.48. The minimum Gasteiger partial charge on any atom is -0.284 e. The lowest BCUT2D eigenvalue weighted by Gasteiger charge is -2.15. The van der Waals surface area contributed by atoms with Crippen LogP contribution in [-0.4, -0.2) is 24.0 Å². The second kappa shape index (κ2) is 8.18. The van der Waals surface area contributed by atoms with Crippen molar-refractivity contribution in [1.29, 1.82) is 0 Å². The maximum Gasteiger partial charge on any atom is 0.416 e. The SMILES string of the molecule is CCS(=O)(=O)Nc1cccc(-c2c(C)nn(-c3ccc(C(F)(F)F)cc3)c(=O)c2C)c1. The number of nitrogens with one attached hydrogen (secondary N) is 1. The quantitative estimate of drug-likeness (QED) is 0.627. The van der Waals surface area contributed by atoms with Gasteiger partial charge in [0.25, 0.3) is 5.56 Å². The summed E-state index contributed by atoms with van der Waals surface area (Å²) in [5.41, 5.74) is 1.18. The molecule has 0 saturated carbocycles. The molecule has 0 fully saturated rings. The molecule has 1 N–H and O–H groups in total. The summed E-state index contributed by atoms with van der Waals surface area (Å²) in [5, 5.41) is 4.28. The van der Waals surface area contributed by atoms with Crippen molar-refractivity contribution in [2.75, 3.05) is 10.5 Å². The van der Waals surface area contributed by atoms with Crippen LogP contribution in [0.25, 0.3) is 16.8 Å². The smallest absolute Gasteiger partial charge is 0.284 e. The van der Waals surface area contributed by atoms with Crippen LogP contribution < -0.4 is 10.3 Å². The van der Waals surface area contributed by atoms with Crippen LogP contribution >= 0.6 is 0 Å². The largest absolute Gasteiger partial charge is 0.416 e. The number of benzene rings is 2. The molecule has 0 radical (unpaired) electrons. The zero-order valence-electron chi connectivity index (χ0n) is 17.0. The zero-order valence-corrected chi connectivity index (χ0v) is 17.8. The maximum absolute atomic E-state index is 12.9. The first-order valence-electron chi connectivity index (χ1n) is 9.32. The van der Waals surface area contributed by atoms with Gasteiger partial charge in [-0.2, -0.15) is 23.0 Å². The Morgan fingerprint density at radius 1 is 1.06 bits per heavy atom. The number of nitrogens with zero attached hydrogens (tertiary/aromatic N) is 2. The van der Waals surface area contributed by atoms with Crippen molar-refractivity contribution in [1.82, 2.24) is 9.78 Å². The second-order valence-corrected chi connectivity index (χ2v) is 8.94. The van der Waals surface area contributed by atoms with E-state index in [0.717, 1.165) is 16.8 Å². The van der Waals surface area contributed by atoms with E-state index in [2.05, 4.69) is 9.82 Å². The summed E-state index contributed by atoms with van der Waals surface area (Å²) in [6.45, 7) is 4.78. The Bertz CT molecular complexity index is 1280. The monoisotopic (exact) mass is 451 g/mol. The van der Waals surface area contributed by atoms with Crippen LogP contribution in [0.5, 0.6) is 0 Å². The molecular weight excluding hydrogens is 431 g/mol. The van der Waals surface area contributed by atoms with Crippen LogP contribution in [0.2, 0.25) is 0 Å². The number of alkyl halides is 3. The molecule has 2 aromatic carbocycles. The molecule has 0 saturated heterocycles. The van der Waals surface area contributed by atoms with Gasteiger partial charge < -0.3 is 0 Å². The summed E-state index contributed by atoms with van der Waals surface area (Å²) in [6.07, 6.45) is -4.48. The van der Waals surface area contributed by atoms with Crippen LogP contribution in [0, 0.1) is 13.8 Å². The molecule has 0 atom stereocenters. The van der Waals surface area contributed by atoms with Gasteiger partial charge in [0, 0.05) is 16.8 Å². The third-order valence-electron chi connectivity index (χ3n) is 4.74. The number of anilines is 1. The molecule has 3 rings (SSSR count). The minimum absolute atomic E-state index is 0.0833. The van der Waals surface area contributed by atoms with Crippen LogP contribution in [0.1, 0.15) is 23.7 Å². The number of aromatic nitrogens is 2. The van der Waals surface area contributed by atoms with E-state index in [9.17, 15) is 26.4 Å². The molecule has 0 bridgehead atoms. The molecule has 6 nitrogen and oxygen atoms in total. The van der Waals surface area contributed by atoms with Crippen LogP contribution in [0.4, 0.5) is 18.9 Å². The van der Waals surface area contributed by atoms with Gasteiger partial charge in [-0.25, -0.2) is 8.42 Å². The van der Waals surface area contributed by atoms with Gasteiger partial charge in [-0.15, -0.1) is 0 Å². The van der Waals surface area contributed by atoms with Crippen molar-refractivity contribution in [2.24, 2.45) is 0 Å². The predicted molar refractivity (Wildman–Crippen MR) is 113 cm³/mol. The van der Waals surface area contributed by atoms with E-state index in [1.165, 1.54) is 19.1 Å². The summed E-state index contributed by atoms with van der Waals surface area (Å²) in [4.78, 5) is 12.9. The molecule has 0 unspecified atom stereocenters. The van der Waals surface area contributed by atoms with Gasteiger partial charge in [-0.05, 0) is 62.7 Å². The number of hydrogen-bond acceptors (Lipinski definition) is 4. The third-order valence-corrected chi connectivity index (χ3v) is 6.05. The molecule has 10 heteroatoms. The van der Waals surface area contributed by atoms with Gasteiger partial charge in [-0.1, -0.05) is 12.1 Å². The van der Waals surface area contributed by atoms with Crippen LogP contribution in [0.3, 0.4) is 0 Å². The molecule has 0 aliphatic carbocycles. The lowest BCUT2D eigenvalue weighted by atomic mass is 10.00. The Kier molecular flexibility index (Phi) is 5.95. The van der Waals surface area contributed by atoms with Gasteiger partial charge in [0.15, 0.2) is 0 Å². The Hall–Kier alpha value is -3.14. The molecule has 0 aliphatic rings. The molecule has 1 heterocycles. The highest BCUT2D eigenvalue weighted by Gasteiger charge is 2.30. The average molecular weight is 451 g/mol. The van der Waals surface area contributed by atoms with Gasteiger partial charge in [0.2, 0.25) is 10.0 Å². The molecule has 31 heavy (non-hydrogen) atoms. The lowest BCUT2D eigenvalue weighted by Crippen LogP contribution is -2.25. The summed E-state index contributed by atoms with van der Waals surface area (Å²) in [7, 11) is -3.47. The van der Waals surface area contributed by atoms with Crippen LogP contribution in [-0.2, 0) is 16.2 Å². The van der Waals surface area contributed by atoms with Crippen molar-refractivity contribution >= 4 is 15.7 Å².